The maximum atomic E-state index is 13.0. The molecule has 0 aromatic heterocycles. The van der Waals surface area contributed by atoms with Crippen molar-refractivity contribution in [3.8, 4) is 0 Å². The van der Waals surface area contributed by atoms with E-state index in [2.05, 4.69) is 37.9 Å². The maximum absolute atomic E-state index is 13.0. The van der Waals surface area contributed by atoms with E-state index >= 15 is 0 Å². The lowest BCUT2D eigenvalue weighted by atomic mass is 9.68. The van der Waals surface area contributed by atoms with Crippen LogP contribution in [0.15, 0.2) is 0 Å². The summed E-state index contributed by atoms with van der Waals surface area (Å²) in [6, 6.07) is 0.536. The Bertz CT molecular complexity index is 351. The lowest BCUT2D eigenvalue weighted by Gasteiger charge is -2.42. The average molecular weight is 294 g/mol. The van der Waals surface area contributed by atoms with Crippen LogP contribution in [0.3, 0.4) is 0 Å². The lowest BCUT2D eigenvalue weighted by molar-refractivity contribution is -0.143. The number of carbonyl (C=O) groups is 1. The molecule has 1 heterocycles. The van der Waals surface area contributed by atoms with E-state index in [0.29, 0.717) is 17.9 Å². The summed E-state index contributed by atoms with van der Waals surface area (Å²) in [5.41, 5.74) is 0.193. The zero-order chi connectivity index (χ0) is 15.5. The van der Waals surface area contributed by atoms with Crippen molar-refractivity contribution in [2.24, 2.45) is 17.3 Å². The molecule has 2 atom stereocenters. The van der Waals surface area contributed by atoms with Crippen LogP contribution in [0.25, 0.3) is 0 Å². The van der Waals surface area contributed by atoms with Gasteiger partial charge in [-0.2, -0.15) is 0 Å². The lowest BCUT2D eigenvalue weighted by Crippen LogP contribution is -2.49. The van der Waals surface area contributed by atoms with Crippen LogP contribution in [-0.2, 0) is 4.79 Å². The molecule has 0 spiro atoms. The maximum Gasteiger partial charge on any atom is 0.226 e. The molecule has 0 radical (unpaired) electrons. The van der Waals surface area contributed by atoms with Gasteiger partial charge in [-0.15, -0.1) is 0 Å². The van der Waals surface area contributed by atoms with Crippen molar-refractivity contribution in [3.63, 3.8) is 0 Å². The Hall–Kier alpha value is -0.570. The van der Waals surface area contributed by atoms with Gasteiger partial charge in [0.2, 0.25) is 5.91 Å². The molecule has 1 saturated carbocycles. The van der Waals surface area contributed by atoms with Gasteiger partial charge in [-0.3, -0.25) is 4.79 Å². The molecule has 0 bridgehead atoms. The van der Waals surface area contributed by atoms with Crippen LogP contribution in [0, 0.1) is 17.3 Å². The number of hydrogen-bond acceptors (Lipinski definition) is 2. The number of hydrogen-bond donors (Lipinski definition) is 1. The first-order valence-electron chi connectivity index (χ1n) is 8.92. The van der Waals surface area contributed by atoms with Gasteiger partial charge in [-0.1, -0.05) is 40.5 Å². The zero-order valence-electron chi connectivity index (χ0n) is 14.5. The molecule has 0 aromatic rings. The first-order chi connectivity index (χ1) is 9.90. The third-order valence-corrected chi connectivity index (χ3v) is 5.45. The summed E-state index contributed by atoms with van der Waals surface area (Å²) in [4.78, 5) is 15.1. The highest BCUT2D eigenvalue weighted by atomic mass is 16.2. The zero-order valence-corrected chi connectivity index (χ0v) is 14.5. The quantitative estimate of drug-likeness (QED) is 0.861. The van der Waals surface area contributed by atoms with E-state index in [0.717, 1.165) is 26.1 Å². The van der Waals surface area contributed by atoms with Gasteiger partial charge in [-0.25, -0.2) is 0 Å². The normalized spacial score (nSPS) is 29.7. The van der Waals surface area contributed by atoms with Gasteiger partial charge in [-0.05, 0) is 43.6 Å². The Kier molecular flexibility index (Phi) is 5.70. The third-order valence-electron chi connectivity index (χ3n) is 5.45. The molecule has 1 aliphatic heterocycles. The Morgan fingerprint density at radius 2 is 2.00 bits per heavy atom. The predicted molar refractivity (Wildman–Crippen MR) is 88.2 cm³/mol. The summed E-state index contributed by atoms with van der Waals surface area (Å²) >= 11 is 0. The minimum atomic E-state index is 0.193. The fourth-order valence-corrected chi connectivity index (χ4v) is 4.01. The van der Waals surface area contributed by atoms with Gasteiger partial charge in [0.05, 0.1) is 0 Å². The van der Waals surface area contributed by atoms with E-state index < -0.39 is 0 Å². The van der Waals surface area contributed by atoms with E-state index in [1.165, 1.54) is 32.1 Å². The first-order valence-corrected chi connectivity index (χ1v) is 8.92. The van der Waals surface area contributed by atoms with Crippen molar-refractivity contribution in [1.82, 2.24) is 10.2 Å². The molecular formula is C18H34N2O. The second kappa shape index (κ2) is 7.13. The fourth-order valence-electron chi connectivity index (χ4n) is 4.01. The predicted octanol–water partition coefficient (Wildman–Crippen LogP) is 3.44. The summed E-state index contributed by atoms with van der Waals surface area (Å²) in [5.74, 6) is 1.33. The van der Waals surface area contributed by atoms with Gasteiger partial charge in [0, 0.05) is 25.0 Å². The molecule has 2 aliphatic rings. The molecule has 2 rings (SSSR count). The van der Waals surface area contributed by atoms with Crippen molar-refractivity contribution >= 4 is 5.91 Å². The minimum absolute atomic E-state index is 0.193. The van der Waals surface area contributed by atoms with Crippen molar-refractivity contribution in [2.75, 3.05) is 19.6 Å². The first kappa shape index (κ1) is 16.8. The van der Waals surface area contributed by atoms with Crippen molar-refractivity contribution < 1.29 is 4.79 Å². The molecule has 21 heavy (non-hydrogen) atoms. The average Bonchev–Trinajstić information content (AvgIpc) is 2.44. The van der Waals surface area contributed by atoms with E-state index in [9.17, 15) is 4.79 Å². The van der Waals surface area contributed by atoms with Crippen LogP contribution in [0.2, 0.25) is 0 Å². The van der Waals surface area contributed by atoms with Gasteiger partial charge < -0.3 is 10.2 Å². The number of amides is 1. The minimum Gasteiger partial charge on any atom is -0.342 e. The summed E-state index contributed by atoms with van der Waals surface area (Å²) < 4.78 is 0. The second-order valence-electron chi connectivity index (χ2n) is 8.14. The summed E-state index contributed by atoms with van der Waals surface area (Å²) in [7, 11) is 0. The third kappa shape index (κ3) is 4.45. The van der Waals surface area contributed by atoms with Crippen LogP contribution in [0.1, 0.15) is 66.2 Å². The van der Waals surface area contributed by atoms with Gasteiger partial charge in [0.15, 0.2) is 0 Å². The highest BCUT2D eigenvalue weighted by Crippen LogP contribution is 2.41. The Morgan fingerprint density at radius 1 is 1.24 bits per heavy atom. The number of likely N-dealkylation sites (tertiary alicyclic amines) is 1. The standard InChI is InChI=1S/C18H34N2O/c1-14(2)19-12-15-8-7-11-20(13-15)17(21)16-9-5-6-10-18(16,3)4/h14-16,19H,5-13H2,1-4H3. The smallest absolute Gasteiger partial charge is 0.226 e. The van der Waals surface area contributed by atoms with Crippen LogP contribution >= 0.6 is 0 Å². The Balaban J connectivity index is 1.92. The molecule has 2 unspecified atom stereocenters. The van der Waals surface area contributed by atoms with Gasteiger partial charge in [0.1, 0.15) is 0 Å². The van der Waals surface area contributed by atoms with Crippen molar-refractivity contribution in [2.45, 2.75) is 72.3 Å². The number of nitrogens with one attached hydrogen (secondary N) is 1. The van der Waals surface area contributed by atoms with Crippen molar-refractivity contribution in [3.05, 3.63) is 0 Å². The van der Waals surface area contributed by atoms with Crippen LogP contribution < -0.4 is 5.32 Å². The van der Waals surface area contributed by atoms with E-state index in [-0.39, 0.29) is 11.3 Å². The Labute approximate surface area is 130 Å². The van der Waals surface area contributed by atoms with Crippen molar-refractivity contribution in [1.29, 1.82) is 0 Å². The molecule has 122 valence electrons. The monoisotopic (exact) mass is 294 g/mol. The van der Waals surface area contributed by atoms with E-state index in [4.69, 9.17) is 0 Å². The van der Waals surface area contributed by atoms with Gasteiger partial charge in [0.25, 0.3) is 0 Å². The number of rotatable bonds is 4. The summed E-state index contributed by atoms with van der Waals surface area (Å²) in [6.07, 6.45) is 7.25. The topological polar surface area (TPSA) is 32.3 Å². The van der Waals surface area contributed by atoms with Crippen LogP contribution in [0.5, 0.6) is 0 Å². The highest BCUT2D eigenvalue weighted by Gasteiger charge is 2.40. The summed E-state index contributed by atoms with van der Waals surface area (Å²) in [6.45, 7) is 11.9. The molecule has 3 nitrogen and oxygen atoms in total. The number of carbonyl (C=O) groups excluding carboxylic acids is 1. The van der Waals surface area contributed by atoms with Gasteiger partial charge >= 0.3 is 0 Å². The molecule has 1 amide bonds. The van der Waals surface area contributed by atoms with Crippen LogP contribution in [-0.4, -0.2) is 36.5 Å². The number of piperidine rings is 1. The molecule has 1 aliphatic carbocycles. The fraction of sp³-hybridized carbons (Fsp3) is 0.944. The molecule has 3 heteroatoms. The molecule has 1 N–H and O–H groups in total. The largest absolute Gasteiger partial charge is 0.342 e. The van der Waals surface area contributed by atoms with Crippen LogP contribution in [0.4, 0.5) is 0 Å². The number of nitrogens with zero attached hydrogens (tertiary/aromatic N) is 1. The molecular weight excluding hydrogens is 260 g/mol. The molecule has 0 aromatic carbocycles. The second-order valence-corrected chi connectivity index (χ2v) is 8.14. The molecule has 2 fully saturated rings. The van der Waals surface area contributed by atoms with E-state index in [1.54, 1.807) is 0 Å². The highest BCUT2D eigenvalue weighted by molar-refractivity contribution is 5.79. The van der Waals surface area contributed by atoms with E-state index in [1.807, 2.05) is 0 Å². The summed E-state index contributed by atoms with van der Waals surface area (Å²) in [5, 5.41) is 3.53. The SMILES string of the molecule is CC(C)NCC1CCCN(C(=O)C2CCCCC2(C)C)C1. The molecule has 1 saturated heterocycles. The Morgan fingerprint density at radius 3 is 2.67 bits per heavy atom.